The van der Waals surface area contributed by atoms with Crippen molar-refractivity contribution in [2.75, 3.05) is 23.7 Å². The Morgan fingerprint density at radius 3 is 2.09 bits per heavy atom. The number of carbonyl (C=O) groups excluding carboxylic acids is 3. The fraction of sp³-hybridized carbons (Fsp3) is 0.208. The standard InChI is InChI=1S/C24H24N4O3S/c29-22(18-12-15-32-16-18)25-21-10-13-28(14-11-21)23(30)17-6-8-20(9-7-17)27-24(31)26-19-4-2-1-3-5-19/h1-9,12,15-16,21H,10-11,13-14H2,(H,25,29)(H2,26,27,31). The maximum atomic E-state index is 12.8. The van der Waals surface area contributed by atoms with Gasteiger partial charge in [-0.25, -0.2) is 4.79 Å². The lowest BCUT2D eigenvalue weighted by Gasteiger charge is -2.32. The zero-order valence-electron chi connectivity index (χ0n) is 17.4. The molecule has 164 valence electrons. The zero-order valence-corrected chi connectivity index (χ0v) is 18.2. The van der Waals surface area contributed by atoms with E-state index in [1.54, 1.807) is 41.3 Å². The number of urea groups is 1. The SMILES string of the molecule is O=C(Nc1ccccc1)Nc1ccc(C(=O)N2CCC(NC(=O)c3ccsc3)CC2)cc1. The highest BCUT2D eigenvalue weighted by Crippen LogP contribution is 2.17. The molecular formula is C24H24N4O3S. The Hall–Kier alpha value is -3.65. The van der Waals surface area contributed by atoms with Gasteiger partial charge in [0, 0.05) is 47.0 Å². The summed E-state index contributed by atoms with van der Waals surface area (Å²) in [5, 5.41) is 12.3. The Balaban J connectivity index is 1.26. The number of likely N-dealkylation sites (tertiary alicyclic amines) is 1. The van der Waals surface area contributed by atoms with Crippen LogP contribution >= 0.6 is 11.3 Å². The highest BCUT2D eigenvalue weighted by Gasteiger charge is 2.25. The van der Waals surface area contributed by atoms with Crippen molar-refractivity contribution in [2.24, 2.45) is 0 Å². The second-order valence-corrected chi connectivity index (χ2v) is 8.35. The summed E-state index contributed by atoms with van der Waals surface area (Å²) < 4.78 is 0. The first-order chi connectivity index (χ1) is 15.6. The molecule has 2 heterocycles. The number of piperidine rings is 1. The van der Waals surface area contributed by atoms with Crippen molar-refractivity contribution in [1.82, 2.24) is 10.2 Å². The Labute approximate surface area is 190 Å². The fourth-order valence-corrected chi connectivity index (χ4v) is 4.22. The molecule has 7 nitrogen and oxygen atoms in total. The number of hydrogen-bond donors (Lipinski definition) is 3. The van der Waals surface area contributed by atoms with Gasteiger partial charge in [-0.3, -0.25) is 9.59 Å². The molecule has 1 aliphatic rings. The minimum Gasteiger partial charge on any atom is -0.349 e. The van der Waals surface area contributed by atoms with Crippen molar-refractivity contribution in [1.29, 1.82) is 0 Å². The first-order valence-corrected chi connectivity index (χ1v) is 11.4. The van der Waals surface area contributed by atoms with E-state index in [-0.39, 0.29) is 23.9 Å². The molecule has 0 atom stereocenters. The van der Waals surface area contributed by atoms with Gasteiger partial charge in [0.25, 0.3) is 11.8 Å². The van der Waals surface area contributed by atoms with Crippen molar-refractivity contribution < 1.29 is 14.4 Å². The van der Waals surface area contributed by atoms with Crippen LogP contribution in [0, 0.1) is 0 Å². The van der Waals surface area contributed by atoms with Gasteiger partial charge in [0.15, 0.2) is 0 Å². The number of rotatable bonds is 5. The van der Waals surface area contributed by atoms with Crippen LogP contribution < -0.4 is 16.0 Å². The largest absolute Gasteiger partial charge is 0.349 e. The first kappa shape index (κ1) is 21.6. The van der Waals surface area contributed by atoms with E-state index in [1.807, 2.05) is 35.0 Å². The van der Waals surface area contributed by atoms with Crippen LogP contribution in [-0.2, 0) is 0 Å². The summed E-state index contributed by atoms with van der Waals surface area (Å²) in [6.45, 7) is 1.18. The van der Waals surface area contributed by atoms with Crippen LogP contribution in [0.4, 0.5) is 16.2 Å². The molecule has 0 unspecified atom stereocenters. The molecule has 3 aromatic rings. The van der Waals surface area contributed by atoms with Gasteiger partial charge in [-0.15, -0.1) is 0 Å². The van der Waals surface area contributed by atoms with Gasteiger partial charge in [0.1, 0.15) is 0 Å². The van der Waals surface area contributed by atoms with Crippen molar-refractivity contribution in [3.63, 3.8) is 0 Å². The molecule has 4 rings (SSSR count). The predicted octanol–water partition coefficient (Wildman–Crippen LogP) is 4.43. The van der Waals surface area contributed by atoms with Gasteiger partial charge in [0.2, 0.25) is 0 Å². The van der Waals surface area contributed by atoms with E-state index in [9.17, 15) is 14.4 Å². The van der Waals surface area contributed by atoms with Crippen molar-refractivity contribution in [3.05, 3.63) is 82.6 Å². The molecule has 2 aromatic carbocycles. The van der Waals surface area contributed by atoms with Crippen molar-refractivity contribution in [2.45, 2.75) is 18.9 Å². The number of para-hydroxylation sites is 1. The van der Waals surface area contributed by atoms with Gasteiger partial charge in [-0.05, 0) is 60.7 Å². The minimum absolute atomic E-state index is 0.0482. The summed E-state index contributed by atoms with van der Waals surface area (Å²) in [6, 6.07) is 17.6. The minimum atomic E-state index is -0.346. The molecule has 4 amide bonds. The lowest BCUT2D eigenvalue weighted by molar-refractivity contribution is 0.0698. The van der Waals surface area contributed by atoms with E-state index in [2.05, 4.69) is 16.0 Å². The molecule has 8 heteroatoms. The quantitative estimate of drug-likeness (QED) is 0.539. The van der Waals surface area contributed by atoms with Crippen LogP contribution in [0.3, 0.4) is 0 Å². The van der Waals surface area contributed by atoms with Gasteiger partial charge in [-0.2, -0.15) is 11.3 Å². The first-order valence-electron chi connectivity index (χ1n) is 10.4. The maximum Gasteiger partial charge on any atom is 0.323 e. The van der Waals surface area contributed by atoms with Crippen LogP contribution in [0.5, 0.6) is 0 Å². The van der Waals surface area contributed by atoms with Gasteiger partial charge in [0.05, 0.1) is 0 Å². The second kappa shape index (κ2) is 10.1. The molecule has 3 N–H and O–H groups in total. The van der Waals surface area contributed by atoms with Crippen LogP contribution in [0.2, 0.25) is 0 Å². The second-order valence-electron chi connectivity index (χ2n) is 7.57. The van der Waals surface area contributed by atoms with Crippen molar-refractivity contribution >= 4 is 40.6 Å². The predicted molar refractivity (Wildman–Crippen MR) is 126 cm³/mol. The molecule has 0 radical (unpaired) electrons. The summed E-state index contributed by atoms with van der Waals surface area (Å²) in [5.74, 6) is -0.108. The molecule has 0 saturated carbocycles. The van der Waals surface area contributed by atoms with Crippen LogP contribution in [0.25, 0.3) is 0 Å². The zero-order chi connectivity index (χ0) is 22.3. The normalized spacial score (nSPS) is 13.9. The van der Waals surface area contributed by atoms with Gasteiger partial charge >= 0.3 is 6.03 Å². The van der Waals surface area contributed by atoms with Crippen LogP contribution in [0.1, 0.15) is 33.6 Å². The van der Waals surface area contributed by atoms with Crippen molar-refractivity contribution in [3.8, 4) is 0 Å². The third-order valence-corrected chi connectivity index (χ3v) is 6.01. The lowest BCUT2D eigenvalue weighted by atomic mass is 10.0. The third kappa shape index (κ3) is 5.53. The van der Waals surface area contributed by atoms with Crippen LogP contribution in [0.15, 0.2) is 71.4 Å². The maximum absolute atomic E-state index is 12.8. The average Bonchev–Trinajstić information content (AvgIpc) is 3.36. The topological polar surface area (TPSA) is 90.5 Å². The number of amides is 4. The fourth-order valence-electron chi connectivity index (χ4n) is 3.58. The number of hydrogen-bond acceptors (Lipinski definition) is 4. The van der Waals surface area contributed by atoms with E-state index >= 15 is 0 Å². The lowest BCUT2D eigenvalue weighted by Crippen LogP contribution is -2.46. The molecule has 1 fully saturated rings. The number of carbonyl (C=O) groups is 3. The molecule has 0 bridgehead atoms. The molecule has 32 heavy (non-hydrogen) atoms. The molecule has 0 spiro atoms. The van der Waals surface area contributed by atoms with Gasteiger partial charge in [-0.1, -0.05) is 18.2 Å². The number of benzene rings is 2. The summed E-state index contributed by atoms with van der Waals surface area (Å²) in [7, 11) is 0. The Morgan fingerprint density at radius 2 is 1.47 bits per heavy atom. The summed E-state index contributed by atoms with van der Waals surface area (Å²) in [5.41, 5.74) is 2.55. The summed E-state index contributed by atoms with van der Waals surface area (Å²) >= 11 is 1.50. The van der Waals surface area contributed by atoms with E-state index in [0.29, 0.717) is 35.6 Å². The number of nitrogens with zero attached hydrogens (tertiary/aromatic N) is 1. The monoisotopic (exact) mass is 448 g/mol. The number of anilines is 2. The molecule has 1 aliphatic heterocycles. The van der Waals surface area contributed by atoms with E-state index in [4.69, 9.17) is 0 Å². The number of thiophene rings is 1. The average molecular weight is 449 g/mol. The van der Waals surface area contributed by atoms with E-state index in [1.165, 1.54) is 11.3 Å². The molecule has 1 saturated heterocycles. The van der Waals surface area contributed by atoms with E-state index < -0.39 is 0 Å². The highest BCUT2D eigenvalue weighted by molar-refractivity contribution is 7.08. The molecule has 0 aliphatic carbocycles. The highest BCUT2D eigenvalue weighted by atomic mass is 32.1. The summed E-state index contributed by atoms with van der Waals surface area (Å²) in [6.07, 6.45) is 1.45. The number of nitrogens with one attached hydrogen (secondary N) is 3. The Bertz CT molecular complexity index is 1060. The smallest absolute Gasteiger partial charge is 0.323 e. The Morgan fingerprint density at radius 1 is 0.812 bits per heavy atom. The van der Waals surface area contributed by atoms with E-state index in [0.717, 1.165) is 12.8 Å². The van der Waals surface area contributed by atoms with Gasteiger partial charge < -0.3 is 20.9 Å². The third-order valence-electron chi connectivity index (χ3n) is 5.32. The summed E-state index contributed by atoms with van der Waals surface area (Å²) in [4.78, 5) is 38.9. The molecule has 1 aromatic heterocycles. The Kier molecular flexibility index (Phi) is 6.81. The molecular weight excluding hydrogens is 424 g/mol. The van der Waals surface area contributed by atoms with Crippen LogP contribution in [-0.4, -0.2) is 41.9 Å².